The molecule has 0 saturated carbocycles. The lowest BCUT2D eigenvalue weighted by Gasteiger charge is -2.13. The number of hydrogen-bond acceptors (Lipinski definition) is 3. The number of likely N-dealkylation sites (tertiary alicyclic amines) is 1. The van der Waals surface area contributed by atoms with Gasteiger partial charge in [-0.2, -0.15) is 0 Å². The van der Waals surface area contributed by atoms with Crippen LogP contribution in [0.2, 0.25) is 0 Å². The fourth-order valence-electron chi connectivity index (χ4n) is 1.35. The summed E-state index contributed by atoms with van der Waals surface area (Å²) >= 11 is 0. The molecule has 5 nitrogen and oxygen atoms in total. The van der Waals surface area contributed by atoms with Crippen molar-refractivity contribution < 1.29 is 19.4 Å². The number of hydrogen-bond donors (Lipinski definition) is 1. The summed E-state index contributed by atoms with van der Waals surface area (Å²) in [5.41, 5.74) is 0. The lowest BCUT2D eigenvalue weighted by molar-refractivity contribution is -0.00461. The standard InChI is InChI=1S/C7H13NO4/c1-11-5-3-8(7(9)10)4-6(5)12-2/h5-6H,3-4H2,1-2H3,(H,9,10)/t5-,6-/m0/s1. The third-order valence-electron chi connectivity index (χ3n) is 2.09. The fraction of sp³-hybridized carbons (Fsp3) is 0.857. The molecule has 1 aliphatic rings. The molecule has 12 heavy (non-hydrogen) atoms. The second-order valence-electron chi connectivity index (χ2n) is 2.74. The van der Waals surface area contributed by atoms with Gasteiger partial charge in [-0.25, -0.2) is 4.79 Å². The van der Waals surface area contributed by atoms with E-state index >= 15 is 0 Å². The average Bonchev–Trinajstić information content (AvgIpc) is 2.46. The minimum Gasteiger partial charge on any atom is -0.465 e. The maximum absolute atomic E-state index is 10.5. The zero-order valence-corrected chi connectivity index (χ0v) is 7.19. The molecule has 0 radical (unpaired) electrons. The topological polar surface area (TPSA) is 59.0 Å². The average molecular weight is 175 g/mol. The SMILES string of the molecule is CO[C@H]1CN(C(=O)O)C[C@@H]1OC. The van der Waals surface area contributed by atoms with Gasteiger partial charge < -0.3 is 19.5 Å². The van der Waals surface area contributed by atoms with Crippen LogP contribution in [0.15, 0.2) is 0 Å². The number of amides is 1. The van der Waals surface area contributed by atoms with E-state index in [4.69, 9.17) is 14.6 Å². The molecule has 70 valence electrons. The summed E-state index contributed by atoms with van der Waals surface area (Å²) in [4.78, 5) is 11.8. The van der Waals surface area contributed by atoms with Crippen LogP contribution < -0.4 is 0 Å². The molecule has 1 rings (SSSR count). The van der Waals surface area contributed by atoms with Crippen LogP contribution in [0.25, 0.3) is 0 Å². The van der Waals surface area contributed by atoms with Gasteiger partial charge in [0.25, 0.3) is 0 Å². The normalized spacial score (nSPS) is 29.3. The number of carboxylic acid groups (broad SMARTS) is 1. The summed E-state index contributed by atoms with van der Waals surface area (Å²) in [5, 5.41) is 8.65. The van der Waals surface area contributed by atoms with E-state index in [1.54, 1.807) is 14.2 Å². The lowest BCUT2D eigenvalue weighted by atomic mass is 10.3. The van der Waals surface area contributed by atoms with Crippen molar-refractivity contribution in [1.82, 2.24) is 4.90 Å². The van der Waals surface area contributed by atoms with Crippen molar-refractivity contribution in [1.29, 1.82) is 0 Å². The Hall–Kier alpha value is -0.810. The summed E-state index contributed by atoms with van der Waals surface area (Å²) in [6.07, 6.45) is -1.19. The van der Waals surface area contributed by atoms with Gasteiger partial charge in [0.05, 0.1) is 13.1 Å². The molecule has 2 atom stereocenters. The summed E-state index contributed by atoms with van der Waals surface area (Å²) in [6, 6.07) is 0. The molecule has 1 fully saturated rings. The van der Waals surface area contributed by atoms with Gasteiger partial charge in [0.15, 0.2) is 0 Å². The van der Waals surface area contributed by atoms with E-state index in [2.05, 4.69) is 0 Å². The largest absolute Gasteiger partial charge is 0.465 e. The summed E-state index contributed by atoms with van der Waals surface area (Å²) in [5.74, 6) is 0. The Balaban J connectivity index is 2.53. The molecule has 0 aromatic rings. The van der Waals surface area contributed by atoms with Crippen LogP contribution >= 0.6 is 0 Å². The van der Waals surface area contributed by atoms with Gasteiger partial charge in [0.1, 0.15) is 12.2 Å². The van der Waals surface area contributed by atoms with Crippen molar-refractivity contribution in [2.24, 2.45) is 0 Å². The van der Waals surface area contributed by atoms with Gasteiger partial charge in [-0.3, -0.25) is 0 Å². The van der Waals surface area contributed by atoms with E-state index in [0.717, 1.165) is 0 Å². The Kier molecular flexibility index (Phi) is 2.88. The molecule has 0 bridgehead atoms. The van der Waals surface area contributed by atoms with Gasteiger partial charge in [-0.1, -0.05) is 0 Å². The Morgan fingerprint density at radius 3 is 2.00 bits per heavy atom. The van der Waals surface area contributed by atoms with Crippen LogP contribution in [0.5, 0.6) is 0 Å². The summed E-state index contributed by atoms with van der Waals surface area (Å²) in [6.45, 7) is 0.786. The quantitative estimate of drug-likeness (QED) is 0.642. The van der Waals surface area contributed by atoms with Crippen molar-refractivity contribution >= 4 is 6.09 Å². The zero-order valence-electron chi connectivity index (χ0n) is 7.19. The number of rotatable bonds is 2. The van der Waals surface area contributed by atoms with E-state index < -0.39 is 6.09 Å². The summed E-state index contributed by atoms with van der Waals surface area (Å²) < 4.78 is 10.1. The molecule has 1 aliphatic heterocycles. The molecule has 5 heteroatoms. The van der Waals surface area contributed by atoms with Crippen LogP contribution in [-0.2, 0) is 9.47 Å². The first kappa shape index (κ1) is 9.28. The third kappa shape index (κ3) is 1.67. The Bertz CT molecular complexity index is 161. The van der Waals surface area contributed by atoms with Gasteiger partial charge in [0, 0.05) is 14.2 Å². The van der Waals surface area contributed by atoms with Crippen LogP contribution in [0.1, 0.15) is 0 Å². The van der Waals surface area contributed by atoms with Crippen molar-refractivity contribution in [3.05, 3.63) is 0 Å². The van der Waals surface area contributed by atoms with Gasteiger partial charge in [-0.15, -0.1) is 0 Å². The van der Waals surface area contributed by atoms with E-state index in [1.165, 1.54) is 4.90 Å². The maximum atomic E-state index is 10.5. The van der Waals surface area contributed by atoms with Crippen molar-refractivity contribution in [2.45, 2.75) is 12.2 Å². The first-order valence-electron chi connectivity index (χ1n) is 3.72. The first-order chi connectivity index (χ1) is 5.69. The molecule has 0 aliphatic carbocycles. The molecule has 1 amide bonds. The summed E-state index contributed by atoms with van der Waals surface area (Å²) in [7, 11) is 3.12. The Morgan fingerprint density at radius 1 is 1.33 bits per heavy atom. The molecule has 1 N–H and O–H groups in total. The Morgan fingerprint density at radius 2 is 1.75 bits per heavy atom. The predicted octanol–water partition coefficient (Wildman–Crippen LogP) is 0.0100. The zero-order chi connectivity index (χ0) is 9.14. The van der Waals surface area contributed by atoms with Crippen molar-refractivity contribution in [3.63, 3.8) is 0 Å². The third-order valence-corrected chi connectivity index (χ3v) is 2.09. The monoisotopic (exact) mass is 175 g/mol. The van der Waals surface area contributed by atoms with Crippen LogP contribution in [-0.4, -0.2) is 55.6 Å². The Labute approximate surface area is 70.9 Å². The highest BCUT2D eigenvalue weighted by Gasteiger charge is 2.35. The van der Waals surface area contributed by atoms with E-state index in [0.29, 0.717) is 13.1 Å². The highest BCUT2D eigenvalue weighted by atomic mass is 16.5. The van der Waals surface area contributed by atoms with Gasteiger partial charge in [0.2, 0.25) is 0 Å². The number of carbonyl (C=O) groups is 1. The molecular weight excluding hydrogens is 162 g/mol. The highest BCUT2D eigenvalue weighted by Crippen LogP contribution is 2.15. The molecule has 1 heterocycles. The first-order valence-corrected chi connectivity index (χ1v) is 3.72. The minimum atomic E-state index is -0.920. The second kappa shape index (κ2) is 3.73. The van der Waals surface area contributed by atoms with Gasteiger partial charge in [-0.05, 0) is 0 Å². The van der Waals surface area contributed by atoms with Crippen LogP contribution in [0.3, 0.4) is 0 Å². The van der Waals surface area contributed by atoms with E-state index in [-0.39, 0.29) is 12.2 Å². The van der Waals surface area contributed by atoms with Crippen LogP contribution in [0, 0.1) is 0 Å². The molecule has 0 aromatic carbocycles. The van der Waals surface area contributed by atoms with E-state index in [1.807, 2.05) is 0 Å². The number of ether oxygens (including phenoxy) is 2. The lowest BCUT2D eigenvalue weighted by Crippen LogP contribution is -2.28. The molecule has 0 aromatic heterocycles. The van der Waals surface area contributed by atoms with Crippen molar-refractivity contribution in [2.75, 3.05) is 27.3 Å². The fourth-order valence-corrected chi connectivity index (χ4v) is 1.35. The minimum absolute atomic E-state index is 0.133. The maximum Gasteiger partial charge on any atom is 0.407 e. The molecule has 0 unspecified atom stereocenters. The smallest absolute Gasteiger partial charge is 0.407 e. The van der Waals surface area contributed by atoms with Crippen LogP contribution in [0.4, 0.5) is 4.79 Å². The van der Waals surface area contributed by atoms with Gasteiger partial charge >= 0.3 is 6.09 Å². The molecule has 0 spiro atoms. The molecular formula is C7H13NO4. The van der Waals surface area contributed by atoms with Crippen molar-refractivity contribution in [3.8, 4) is 0 Å². The number of methoxy groups -OCH3 is 2. The predicted molar refractivity (Wildman–Crippen MR) is 41.2 cm³/mol. The van der Waals surface area contributed by atoms with E-state index in [9.17, 15) is 4.79 Å². The highest BCUT2D eigenvalue weighted by molar-refractivity contribution is 5.65. The number of nitrogens with zero attached hydrogens (tertiary/aromatic N) is 1. The molecule has 1 saturated heterocycles. The second-order valence-corrected chi connectivity index (χ2v) is 2.74.